The summed E-state index contributed by atoms with van der Waals surface area (Å²) in [6.07, 6.45) is 4.06. The zero-order chi connectivity index (χ0) is 23.9. The Morgan fingerprint density at radius 1 is 1.11 bits per heavy atom. The summed E-state index contributed by atoms with van der Waals surface area (Å²) >= 11 is 6.23. The van der Waals surface area contributed by atoms with Crippen LogP contribution in [0, 0.1) is 5.92 Å². The van der Waals surface area contributed by atoms with Gasteiger partial charge < -0.3 is 24.7 Å². The Balaban J connectivity index is 1.37. The predicted molar refractivity (Wildman–Crippen MR) is 135 cm³/mol. The van der Waals surface area contributed by atoms with Crippen LogP contribution < -0.4 is 20.8 Å². The average Bonchev–Trinajstić information content (AvgIpc) is 3.69. The number of benzene rings is 2. The lowest BCUT2D eigenvalue weighted by molar-refractivity contribution is 0.0383. The Morgan fingerprint density at radius 2 is 1.94 bits per heavy atom. The number of rotatable bonds is 7. The maximum atomic E-state index is 13.5. The lowest BCUT2D eigenvalue weighted by Crippen LogP contribution is -2.42. The van der Waals surface area contributed by atoms with E-state index in [1.54, 1.807) is 18.3 Å². The number of nitrogens with zero attached hydrogens (tertiary/aromatic N) is 2. The molecule has 2 aromatic carbocycles. The SMILES string of the molecule is O=C(NCCN1CCOCC1)c1cn2c3c(cc(NCC4CC4)cc3c1=O)Oc1cc(Cl)ccc1-2. The van der Waals surface area contributed by atoms with Gasteiger partial charge in [0.05, 0.1) is 24.3 Å². The molecule has 9 heteroatoms. The normalized spacial score (nSPS) is 17.1. The van der Waals surface area contributed by atoms with Crippen LogP contribution in [-0.4, -0.2) is 61.3 Å². The first-order chi connectivity index (χ1) is 17.1. The van der Waals surface area contributed by atoms with E-state index in [0.29, 0.717) is 59.6 Å². The van der Waals surface area contributed by atoms with E-state index in [1.165, 1.54) is 12.8 Å². The van der Waals surface area contributed by atoms with Crippen LogP contribution in [-0.2, 0) is 4.74 Å². The molecule has 6 rings (SSSR count). The molecule has 182 valence electrons. The molecule has 35 heavy (non-hydrogen) atoms. The second-order valence-electron chi connectivity index (χ2n) is 9.36. The lowest BCUT2D eigenvalue weighted by atomic mass is 10.1. The largest absolute Gasteiger partial charge is 0.453 e. The monoisotopic (exact) mass is 494 g/mol. The van der Waals surface area contributed by atoms with Gasteiger partial charge in [-0.1, -0.05) is 11.6 Å². The van der Waals surface area contributed by atoms with Crippen molar-refractivity contribution in [3.8, 4) is 17.2 Å². The van der Waals surface area contributed by atoms with Crippen LogP contribution in [0.4, 0.5) is 5.69 Å². The molecule has 0 spiro atoms. The molecule has 0 bridgehead atoms. The third-order valence-corrected chi connectivity index (χ3v) is 7.05. The quantitative estimate of drug-likeness (QED) is 0.408. The molecule has 1 aliphatic carbocycles. The highest BCUT2D eigenvalue weighted by Gasteiger charge is 2.26. The fraction of sp³-hybridized carbons (Fsp3) is 0.385. The lowest BCUT2D eigenvalue weighted by Gasteiger charge is -2.26. The zero-order valence-electron chi connectivity index (χ0n) is 19.3. The number of hydrogen-bond donors (Lipinski definition) is 2. The van der Waals surface area contributed by atoms with Crippen molar-refractivity contribution in [2.75, 3.05) is 51.3 Å². The second-order valence-corrected chi connectivity index (χ2v) is 9.80. The summed E-state index contributed by atoms with van der Waals surface area (Å²) in [6.45, 7) is 5.12. The first-order valence-electron chi connectivity index (χ1n) is 12.1. The van der Waals surface area contributed by atoms with E-state index in [2.05, 4.69) is 15.5 Å². The summed E-state index contributed by atoms with van der Waals surface area (Å²) in [5.41, 5.74) is 1.98. The molecule has 1 aromatic heterocycles. The standard InChI is InChI=1S/C26H27ClN4O4/c27-17-3-4-21-22(11-17)35-23-13-18(29-14-16-1-2-16)12-19-24(23)31(21)15-20(25(19)32)26(33)28-5-6-30-7-9-34-10-8-30/h3-4,11-13,15-16,29H,1-2,5-10,14H2,(H,28,33). The van der Waals surface area contributed by atoms with Gasteiger partial charge in [0.15, 0.2) is 11.5 Å². The van der Waals surface area contributed by atoms with Gasteiger partial charge in [-0.25, -0.2) is 0 Å². The molecule has 3 aliphatic rings. The van der Waals surface area contributed by atoms with Gasteiger partial charge in [0.25, 0.3) is 5.91 Å². The van der Waals surface area contributed by atoms with Crippen molar-refractivity contribution in [1.29, 1.82) is 0 Å². The number of carbonyl (C=O) groups is 1. The van der Waals surface area contributed by atoms with E-state index in [1.807, 2.05) is 22.8 Å². The number of nitrogens with one attached hydrogen (secondary N) is 2. The maximum absolute atomic E-state index is 13.5. The number of amides is 1. The molecule has 2 aliphatic heterocycles. The van der Waals surface area contributed by atoms with E-state index in [0.717, 1.165) is 31.0 Å². The summed E-state index contributed by atoms with van der Waals surface area (Å²) in [4.78, 5) is 28.9. The van der Waals surface area contributed by atoms with E-state index in [4.69, 9.17) is 21.1 Å². The molecule has 0 radical (unpaired) electrons. The molecular weight excluding hydrogens is 468 g/mol. The van der Waals surface area contributed by atoms with E-state index >= 15 is 0 Å². The molecule has 1 saturated heterocycles. The third kappa shape index (κ3) is 4.49. The Kier molecular flexibility index (Phi) is 5.88. The number of aromatic nitrogens is 1. The van der Waals surface area contributed by atoms with Crippen molar-refractivity contribution >= 4 is 34.1 Å². The van der Waals surface area contributed by atoms with E-state index in [-0.39, 0.29) is 16.9 Å². The summed E-state index contributed by atoms with van der Waals surface area (Å²) < 4.78 is 13.4. The summed E-state index contributed by atoms with van der Waals surface area (Å²) in [6, 6.07) is 9.09. The molecular formula is C26H27ClN4O4. The van der Waals surface area contributed by atoms with Crippen molar-refractivity contribution in [1.82, 2.24) is 14.8 Å². The van der Waals surface area contributed by atoms with Gasteiger partial charge in [-0.15, -0.1) is 0 Å². The van der Waals surface area contributed by atoms with Crippen LogP contribution in [0.5, 0.6) is 11.5 Å². The van der Waals surface area contributed by atoms with Crippen LogP contribution in [0.15, 0.2) is 41.3 Å². The number of pyridine rings is 1. The van der Waals surface area contributed by atoms with E-state index < -0.39 is 0 Å². The predicted octanol–water partition coefficient (Wildman–Crippen LogP) is 3.63. The number of fused-ring (bicyclic) bond motifs is 2. The van der Waals surface area contributed by atoms with Crippen LogP contribution >= 0.6 is 11.6 Å². The van der Waals surface area contributed by atoms with Gasteiger partial charge >= 0.3 is 0 Å². The maximum Gasteiger partial charge on any atom is 0.256 e. The van der Waals surface area contributed by atoms with Crippen LogP contribution in [0.25, 0.3) is 16.6 Å². The van der Waals surface area contributed by atoms with Crippen molar-refractivity contribution in [3.05, 3.63) is 57.3 Å². The van der Waals surface area contributed by atoms with E-state index in [9.17, 15) is 9.59 Å². The highest BCUT2D eigenvalue weighted by Crippen LogP contribution is 2.42. The topological polar surface area (TPSA) is 84.8 Å². The van der Waals surface area contributed by atoms with Crippen LogP contribution in [0.2, 0.25) is 5.02 Å². The molecule has 8 nitrogen and oxygen atoms in total. The van der Waals surface area contributed by atoms with Crippen molar-refractivity contribution in [2.24, 2.45) is 5.92 Å². The Morgan fingerprint density at radius 3 is 2.74 bits per heavy atom. The molecule has 2 N–H and O–H groups in total. The van der Waals surface area contributed by atoms with Gasteiger partial charge in [0, 0.05) is 61.8 Å². The third-order valence-electron chi connectivity index (χ3n) is 6.82. The molecule has 1 amide bonds. The van der Waals surface area contributed by atoms with Gasteiger partial charge in [0.2, 0.25) is 5.43 Å². The molecule has 1 saturated carbocycles. The minimum atomic E-state index is -0.381. The highest BCUT2D eigenvalue weighted by molar-refractivity contribution is 6.30. The fourth-order valence-corrected chi connectivity index (χ4v) is 4.84. The summed E-state index contributed by atoms with van der Waals surface area (Å²) in [5, 5.41) is 7.35. The minimum Gasteiger partial charge on any atom is -0.453 e. The van der Waals surface area contributed by atoms with Gasteiger partial charge in [-0.3, -0.25) is 14.5 Å². The number of ether oxygens (including phenoxy) is 2. The number of hydrogen-bond acceptors (Lipinski definition) is 6. The Hall–Kier alpha value is -3.07. The first-order valence-corrected chi connectivity index (χ1v) is 12.5. The van der Waals surface area contributed by atoms with Crippen LogP contribution in [0.1, 0.15) is 23.2 Å². The fourth-order valence-electron chi connectivity index (χ4n) is 4.68. The van der Waals surface area contributed by atoms with Crippen molar-refractivity contribution in [3.63, 3.8) is 0 Å². The van der Waals surface area contributed by atoms with Gasteiger partial charge in [0.1, 0.15) is 11.1 Å². The summed E-state index contributed by atoms with van der Waals surface area (Å²) in [5.74, 6) is 1.43. The number of carbonyl (C=O) groups excluding carboxylic acids is 1. The first kappa shape index (κ1) is 22.4. The Bertz CT molecular complexity index is 1360. The summed E-state index contributed by atoms with van der Waals surface area (Å²) in [7, 11) is 0. The molecule has 3 aromatic rings. The van der Waals surface area contributed by atoms with Gasteiger partial charge in [-0.05, 0) is 37.0 Å². The second kappa shape index (κ2) is 9.18. The number of halogens is 1. The number of anilines is 1. The Labute approximate surface area is 207 Å². The molecule has 0 unspecified atom stereocenters. The smallest absolute Gasteiger partial charge is 0.256 e. The van der Waals surface area contributed by atoms with Gasteiger partial charge in [-0.2, -0.15) is 0 Å². The average molecular weight is 495 g/mol. The van der Waals surface area contributed by atoms with Crippen LogP contribution in [0.3, 0.4) is 0 Å². The molecule has 3 heterocycles. The number of morpholine rings is 1. The molecule has 2 fully saturated rings. The van der Waals surface area contributed by atoms with Crippen molar-refractivity contribution in [2.45, 2.75) is 12.8 Å². The minimum absolute atomic E-state index is 0.104. The zero-order valence-corrected chi connectivity index (χ0v) is 20.1. The highest BCUT2D eigenvalue weighted by atomic mass is 35.5. The molecule has 0 atom stereocenters. The van der Waals surface area contributed by atoms with Crippen molar-refractivity contribution < 1.29 is 14.3 Å².